The molecule has 0 spiro atoms. The van der Waals surface area contributed by atoms with E-state index in [4.69, 9.17) is 0 Å². The predicted molar refractivity (Wildman–Crippen MR) is 80.5 cm³/mol. The van der Waals surface area contributed by atoms with Gasteiger partial charge in [0.25, 0.3) is 0 Å². The molecule has 0 bridgehead atoms. The summed E-state index contributed by atoms with van der Waals surface area (Å²) in [7, 11) is 0. The number of carbonyl (C=O) groups is 1. The second-order valence-corrected chi connectivity index (χ2v) is 7.97. The Hall–Kier alpha value is -0.870. The second kappa shape index (κ2) is 4.57. The lowest BCUT2D eigenvalue weighted by atomic mass is 10.0. The van der Waals surface area contributed by atoms with Crippen molar-refractivity contribution in [3.63, 3.8) is 0 Å². The minimum absolute atomic E-state index is 0.0394. The van der Waals surface area contributed by atoms with Gasteiger partial charge in [-0.2, -0.15) is 0 Å². The summed E-state index contributed by atoms with van der Waals surface area (Å²) < 4.78 is 0. The summed E-state index contributed by atoms with van der Waals surface area (Å²) >= 11 is 1.82. The Bertz CT molecular complexity index is 520. The van der Waals surface area contributed by atoms with E-state index in [0.717, 1.165) is 11.8 Å². The van der Waals surface area contributed by atoms with Crippen LogP contribution in [0, 0.1) is 18.8 Å². The Morgan fingerprint density at radius 3 is 2.40 bits per heavy atom. The van der Waals surface area contributed by atoms with Crippen molar-refractivity contribution >= 4 is 17.2 Å². The number of aryl methyl sites for hydroxylation is 1. The van der Waals surface area contributed by atoms with Crippen molar-refractivity contribution in [2.75, 3.05) is 0 Å². The van der Waals surface area contributed by atoms with Crippen molar-refractivity contribution in [2.24, 2.45) is 11.8 Å². The zero-order valence-electron chi connectivity index (χ0n) is 12.1. The zero-order valence-corrected chi connectivity index (χ0v) is 13.0. The van der Waals surface area contributed by atoms with E-state index in [9.17, 15) is 4.79 Å². The number of rotatable bonds is 4. The van der Waals surface area contributed by atoms with Crippen LogP contribution in [0.15, 0.2) is 12.1 Å². The van der Waals surface area contributed by atoms with E-state index < -0.39 is 0 Å². The molecule has 1 N–H and O–H groups in total. The van der Waals surface area contributed by atoms with Crippen LogP contribution in [-0.4, -0.2) is 22.9 Å². The average molecular weight is 290 g/mol. The van der Waals surface area contributed by atoms with Gasteiger partial charge in [0, 0.05) is 15.8 Å². The molecule has 1 amide bonds. The van der Waals surface area contributed by atoms with Crippen LogP contribution < -0.4 is 5.32 Å². The minimum atomic E-state index is -0.0394. The van der Waals surface area contributed by atoms with Crippen molar-refractivity contribution in [2.45, 2.75) is 57.8 Å². The highest BCUT2D eigenvalue weighted by atomic mass is 32.1. The summed E-state index contributed by atoms with van der Waals surface area (Å²) in [6.45, 7) is 4.14. The van der Waals surface area contributed by atoms with E-state index in [1.165, 1.54) is 35.4 Å². The third-order valence-corrected chi connectivity index (χ3v) is 5.93. The average Bonchev–Trinajstić information content (AvgIpc) is 3.32. The largest absolute Gasteiger partial charge is 0.317 e. The number of nitrogens with one attached hydrogen (secondary N) is 1. The topological polar surface area (TPSA) is 32.3 Å². The molecule has 3 nitrogen and oxygen atoms in total. The number of hydrogen-bond acceptors (Lipinski definition) is 3. The Labute approximate surface area is 124 Å². The molecule has 0 radical (unpaired) electrons. The molecule has 1 aliphatic heterocycles. The van der Waals surface area contributed by atoms with Crippen molar-refractivity contribution in [1.82, 2.24) is 10.2 Å². The highest BCUT2D eigenvalue weighted by Crippen LogP contribution is 2.50. The van der Waals surface area contributed by atoms with Gasteiger partial charge in [-0.1, -0.05) is 0 Å². The van der Waals surface area contributed by atoms with Gasteiger partial charge in [-0.05, 0) is 63.5 Å². The quantitative estimate of drug-likeness (QED) is 0.924. The number of hydrogen-bond donors (Lipinski definition) is 1. The first-order valence-electron chi connectivity index (χ1n) is 7.79. The van der Waals surface area contributed by atoms with Gasteiger partial charge in [0.1, 0.15) is 6.17 Å². The predicted octanol–water partition coefficient (Wildman–Crippen LogP) is 3.06. The molecule has 4 heteroatoms. The molecule has 3 fully saturated rings. The molecule has 2 heterocycles. The summed E-state index contributed by atoms with van der Waals surface area (Å²) in [5.74, 6) is 1.84. The van der Waals surface area contributed by atoms with Gasteiger partial charge in [-0.3, -0.25) is 10.1 Å². The summed E-state index contributed by atoms with van der Waals surface area (Å²) in [5.41, 5.74) is 0. The second-order valence-electron chi connectivity index (χ2n) is 6.65. The molecule has 1 saturated heterocycles. The normalized spacial score (nSPS) is 30.6. The Kier molecular flexibility index (Phi) is 2.93. The van der Waals surface area contributed by atoms with Crippen LogP contribution in [0.1, 0.15) is 48.5 Å². The van der Waals surface area contributed by atoms with Crippen LogP contribution in [0.3, 0.4) is 0 Å². The van der Waals surface area contributed by atoms with Crippen molar-refractivity contribution < 1.29 is 4.79 Å². The number of amides is 1. The van der Waals surface area contributed by atoms with Crippen molar-refractivity contribution in [3.8, 4) is 0 Å². The van der Waals surface area contributed by atoms with E-state index in [1.54, 1.807) is 0 Å². The van der Waals surface area contributed by atoms with Crippen molar-refractivity contribution in [1.29, 1.82) is 0 Å². The van der Waals surface area contributed by atoms with Gasteiger partial charge in [0.2, 0.25) is 5.91 Å². The van der Waals surface area contributed by atoms with E-state index in [1.807, 2.05) is 18.3 Å². The molecular formula is C16H22N2OS. The third-order valence-electron chi connectivity index (χ3n) is 4.87. The fourth-order valence-electron chi connectivity index (χ4n) is 3.59. The molecule has 4 rings (SSSR count). The molecule has 2 saturated carbocycles. The molecule has 3 aliphatic rings. The number of thiophene rings is 1. The maximum absolute atomic E-state index is 12.7. The molecule has 2 unspecified atom stereocenters. The summed E-state index contributed by atoms with van der Waals surface area (Å²) in [6.07, 6.45) is 5.37. The van der Waals surface area contributed by atoms with Gasteiger partial charge in [-0.15, -0.1) is 11.3 Å². The molecule has 20 heavy (non-hydrogen) atoms. The summed E-state index contributed by atoms with van der Waals surface area (Å²) in [6, 6.07) is 4.80. The van der Waals surface area contributed by atoms with E-state index in [0.29, 0.717) is 11.9 Å². The first-order valence-corrected chi connectivity index (χ1v) is 8.61. The van der Waals surface area contributed by atoms with Crippen molar-refractivity contribution in [3.05, 3.63) is 21.9 Å². The van der Waals surface area contributed by atoms with Gasteiger partial charge >= 0.3 is 0 Å². The monoisotopic (exact) mass is 290 g/mol. The smallest absolute Gasteiger partial charge is 0.241 e. The van der Waals surface area contributed by atoms with Gasteiger partial charge in [-0.25, -0.2) is 0 Å². The lowest BCUT2D eigenvalue weighted by Gasteiger charge is -2.33. The summed E-state index contributed by atoms with van der Waals surface area (Å²) in [4.78, 5) is 17.5. The van der Waals surface area contributed by atoms with Crippen LogP contribution in [0.2, 0.25) is 0 Å². The van der Waals surface area contributed by atoms with E-state index in [-0.39, 0.29) is 12.2 Å². The maximum atomic E-state index is 12.7. The highest BCUT2D eigenvalue weighted by Gasteiger charge is 2.51. The van der Waals surface area contributed by atoms with Crippen LogP contribution in [-0.2, 0) is 4.79 Å². The zero-order chi connectivity index (χ0) is 13.9. The Balaban J connectivity index is 1.67. The van der Waals surface area contributed by atoms with Crippen LogP contribution in [0.4, 0.5) is 0 Å². The lowest BCUT2D eigenvalue weighted by Crippen LogP contribution is -2.42. The van der Waals surface area contributed by atoms with E-state index in [2.05, 4.69) is 29.3 Å². The van der Waals surface area contributed by atoms with Gasteiger partial charge in [0.05, 0.1) is 6.04 Å². The molecule has 1 aromatic rings. The molecule has 108 valence electrons. The van der Waals surface area contributed by atoms with Crippen LogP contribution in [0.5, 0.6) is 0 Å². The number of carbonyl (C=O) groups excluding carboxylic acids is 1. The van der Waals surface area contributed by atoms with Gasteiger partial charge < -0.3 is 4.90 Å². The first-order chi connectivity index (χ1) is 9.65. The Morgan fingerprint density at radius 1 is 1.25 bits per heavy atom. The summed E-state index contributed by atoms with van der Waals surface area (Å²) in [5, 5.41) is 3.52. The standard InChI is InChI=1S/C16H22N2OS/c1-9-3-8-13(20-9)15-17-10(2)16(19)18(15)14(11-4-5-11)12-6-7-12/h3,8,10-12,14-15,17H,4-7H2,1-2H3. The SMILES string of the molecule is Cc1ccc(C2NC(C)C(=O)N2C(C2CC2)C2CC2)s1. The molecular weight excluding hydrogens is 268 g/mol. The molecule has 2 aliphatic carbocycles. The molecule has 0 aromatic carbocycles. The Morgan fingerprint density at radius 2 is 1.90 bits per heavy atom. The minimum Gasteiger partial charge on any atom is -0.317 e. The lowest BCUT2D eigenvalue weighted by molar-refractivity contribution is -0.133. The highest BCUT2D eigenvalue weighted by molar-refractivity contribution is 7.12. The fraction of sp³-hybridized carbons (Fsp3) is 0.688. The van der Waals surface area contributed by atoms with Crippen LogP contribution in [0.25, 0.3) is 0 Å². The van der Waals surface area contributed by atoms with Gasteiger partial charge in [0.15, 0.2) is 0 Å². The van der Waals surface area contributed by atoms with Crippen LogP contribution >= 0.6 is 11.3 Å². The third kappa shape index (κ3) is 2.09. The molecule has 1 aromatic heterocycles. The molecule has 2 atom stereocenters. The number of nitrogens with zero attached hydrogens (tertiary/aromatic N) is 1. The first kappa shape index (κ1) is 12.8. The fourth-order valence-corrected chi connectivity index (χ4v) is 4.53. The maximum Gasteiger partial charge on any atom is 0.241 e. The van der Waals surface area contributed by atoms with E-state index >= 15 is 0 Å².